The fourth-order valence-corrected chi connectivity index (χ4v) is 3.34. The van der Waals surface area contributed by atoms with Gasteiger partial charge in [0.05, 0.1) is 0 Å². The van der Waals surface area contributed by atoms with E-state index in [-0.39, 0.29) is 0 Å². The van der Waals surface area contributed by atoms with Gasteiger partial charge in [0, 0.05) is 10.3 Å². The Bertz CT molecular complexity index is 244. The van der Waals surface area contributed by atoms with Crippen LogP contribution in [0.5, 0.6) is 0 Å². The molecule has 0 atom stereocenters. The molecule has 1 fully saturated rings. The van der Waals surface area contributed by atoms with E-state index in [0.29, 0.717) is 5.41 Å². The average molecular weight is 194 g/mol. The van der Waals surface area contributed by atoms with Gasteiger partial charge in [-0.05, 0) is 30.7 Å². The van der Waals surface area contributed by atoms with Crippen molar-refractivity contribution in [1.82, 2.24) is 0 Å². The quantitative estimate of drug-likeness (QED) is 0.668. The molecule has 0 radical (unpaired) electrons. The Labute approximate surface area is 85.0 Å². The van der Waals surface area contributed by atoms with E-state index in [1.165, 1.54) is 38.5 Å². The van der Waals surface area contributed by atoms with Gasteiger partial charge in [-0.1, -0.05) is 32.3 Å². The lowest BCUT2D eigenvalue weighted by Crippen LogP contribution is -2.33. The summed E-state index contributed by atoms with van der Waals surface area (Å²) in [5.74, 6) is 0. The maximum atomic E-state index is 2.33. The van der Waals surface area contributed by atoms with Crippen LogP contribution in [0.25, 0.3) is 0 Å². The summed E-state index contributed by atoms with van der Waals surface area (Å²) < 4.78 is 0. The zero-order valence-electron chi connectivity index (χ0n) is 8.38. The summed E-state index contributed by atoms with van der Waals surface area (Å²) in [4.78, 5) is 1.65. The van der Waals surface area contributed by atoms with E-state index in [4.69, 9.17) is 0 Å². The molecule has 1 aromatic heterocycles. The van der Waals surface area contributed by atoms with Crippen molar-refractivity contribution in [2.75, 3.05) is 0 Å². The smallest absolute Gasteiger partial charge is 0.0107 e. The Morgan fingerprint density at radius 1 is 1.46 bits per heavy atom. The molecule has 1 heterocycles. The molecule has 0 aliphatic heterocycles. The van der Waals surface area contributed by atoms with Crippen molar-refractivity contribution in [3.63, 3.8) is 0 Å². The predicted molar refractivity (Wildman–Crippen MR) is 59.4 cm³/mol. The first-order chi connectivity index (χ1) is 6.37. The third-order valence-electron chi connectivity index (χ3n) is 3.36. The minimum atomic E-state index is 0.615. The van der Waals surface area contributed by atoms with Gasteiger partial charge < -0.3 is 0 Å². The number of thiophene rings is 1. The van der Waals surface area contributed by atoms with Gasteiger partial charge in [0.15, 0.2) is 0 Å². The minimum absolute atomic E-state index is 0.615. The first-order valence-corrected chi connectivity index (χ1v) is 6.29. The molecule has 0 bridgehead atoms. The highest BCUT2D eigenvalue weighted by molar-refractivity contribution is 7.10. The summed E-state index contributed by atoms with van der Waals surface area (Å²) >= 11 is 1.96. The van der Waals surface area contributed by atoms with Gasteiger partial charge >= 0.3 is 0 Å². The molecule has 0 nitrogen and oxygen atoms in total. The van der Waals surface area contributed by atoms with E-state index in [0.717, 1.165) is 0 Å². The van der Waals surface area contributed by atoms with Crippen molar-refractivity contribution >= 4 is 11.3 Å². The van der Waals surface area contributed by atoms with E-state index in [2.05, 4.69) is 24.4 Å². The Balaban J connectivity index is 2.07. The molecule has 1 aromatic rings. The van der Waals surface area contributed by atoms with E-state index in [1.807, 2.05) is 11.3 Å². The van der Waals surface area contributed by atoms with Crippen molar-refractivity contribution in [2.24, 2.45) is 0 Å². The Hall–Kier alpha value is -0.300. The van der Waals surface area contributed by atoms with Crippen LogP contribution in [-0.4, -0.2) is 0 Å². The molecule has 1 saturated carbocycles. The number of hydrogen-bond acceptors (Lipinski definition) is 1. The van der Waals surface area contributed by atoms with Crippen LogP contribution < -0.4 is 0 Å². The molecule has 0 amide bonds. The van der Waals surface area contributed by atoms with Gasteiger partial charge in [-0.25, -0.2) is 0 Å². The first-order valence-electron chi connectivity index (χ1n) is 5.41. The Kier molecular flexibility index (Phi) is 2.73. The topological polar surface area (TPSA) is 0 Å². The van der Waals surface area contributed by atoms with Crippen molar-refractivity contribution in [3.05, 3.63) is 22.4 Å². The molecule has 1 heteroatoms. The Morgan fingerprint density at radius 3 is 2.77 bits per heavy atom. The molecule has 1 aliphatic carbocycles. The van der Waals surface area contributed by atoms with Crippen LogP contribution in [0, 0.1) is 0 Å². The lowest BCUT2D eigenvalue weighted by molar-refractivity contribution is 0.225. The lowest BCUT2D eigenvalue weighted by atomic mass is 9.65. The van der Waals surface area contributed by atoms with Gasteiger partial charge in [0.25, 0.3) is 0 Å². The molecular formula is C12H18S. The van der Waals surface area contributed by atoms with Crippen molar-refractivity contribution < 1.29 is 0 Å². The molecule has 0 aromatic carbocycles. The highest BCUT2D eigenvalue weighted by Crippen LogP contribution is 2.48. The zero-order chi connectivity index (χ0) is 9.15. The van der Waals surface area contributed by atoms with Crippen LogP contribution in [-0.2, 0) is 5.41 Å². The van der Waals surface area contributed by atoms with Crippen LogP contribution >= 0.6 is 11.3 Å². The summed E-state index contributed by atoms with van der Waals surface area (Å²) in [5, 5.41) is 2.22. The standard InChI is InChI=1S/C12H18S/c1-2-3-7-12(8-5-9-12)11-6-4-10-13-11/h4,6,10H,2-3,5,7-9H2,1H3. The van der Waals surface area contributed by atoms with Crippen LogP contribution in [0.4, 0.5) is 0 Å². The molecule has 0 N–H and O–H groups in total. The molecule has 1 aliphatic rings. The monoisotopic (exact) mass is 194 g/mol. The maximum Gasteiger partial charge on any atom is 0.0107 e. The molecule has 0 saturated heterocycles. The molecular weight excluding hydrogens is 176 g/mol. The normalized spacial score (nSPS) is 19.8. The second-order valence-corrected chi connectivity index (χ2v) is 5.16. The second kappa shape index (κ2) is 3.83. The first kappa shape index (κ1) is 9.26. The maximum absolute atomic E-state index is 2.33. The van der Waals surface area contributed by atoms with E-state index in [9.17, 15) is 0 Å². The predicted octanol–water partition coefficient (Wildman–Crippen LogP) is 4.36. The molecule has 0 unspecified atom stereocenters. The van der Waals surface area contributed by atoms with Crippen LogP contribution in [0.3, 0.4) is 0 Å². The SMILES string of the molecule is CCCCC1(c2cccs2)CCC1. The third-order valence-corrected chi connectivity index (χ3v) is 4.48. The van der Waals surface area contributed by atoms with Crippen molar-refractivity contribution in [2.45, 2.75) is 50.9 Å². The average Bonchev–Trinajstić information content (AvgIpc) is 2.56. The van der Waals surface area contributed by atoms with Gasteiger partial charge in [-0.3, -0.25) is 0 Å². The van der Waals surface area contributed by atoms with Crippen molar-refractivity contribution in [1.29, 1.82) is 0 Å². The van der Waals surface area contributed by atoms with E-state index in [1.54, 1.807) is 4.88 Å². The second-order valence-electron chi connectivity index (χ2n) is 4.21. The van der Waals surface area contributed by atoms with Gasteiger partial charge in [-0.2, -0.15) is 0 Å². The van der Waals surface area contributed by atoms with Crippen LogP contribution in [0.1, 0.15) is 50.3 Å². The van der Waals surface area contributed by atoms with E-state index >= 15 is 0 Å². The lowest BCUT2D eigenvalue weighted by Gasteiger charge is -2.41. The molecule has 13 heavy (non-hydrogen) atoms. The summed E-state index contributed by atoms with van der Waals surface area (Å²) in [6.07, 6.45) is 8.48. The summed E-state index contributed by atoms with van der Waals surface area (Å²) in [7, 11) is 0. The number of unbranched alkanes of at least 4 members (excludes halogenated alkanes) is 1. The summed E-state index contributed by atoms with van der Waals surface area (Å²) in [5.41, 5.74) is 0.615. The fourth-order valence-electron chi connectivity index (χ4n) is 2.32. The molecule has 2 rings (SSSR count). The zero-order valence-corrected chi connectivity index (χ0v) is 9.20. The summed E-state index contributed by atoms with van der Waals surface area (Å²) in [6, 6.07) is 4.53. The fraction of sp³-hybridized carbons (Fsp3) is 0.667. The van der Waals surface area contributed by atoms with E-state index < -0.39 is 0 Å². The third kappa shape index (κ3) is 1.67. The number of hydrogen-bond donors (Lipinski definition) is 0. The van der Waals surface area contributed by atoms with Gasteiger partial charge in [-0.15, -0.1) is 11.3 Å². The van der Waals surface area contributed by atoms with Crippen LogP contribution in [0.15, 0.2) is 17.5 Å². The number of rotatable bonds is 4. The van der Waals surface area contributed by atoms with Gasteiger partial charge in [0.1, 0.15) is 0 Å². The van der Waals surface area contributed by atoms with Crippen molar-refractivity contribution in [3.8, 4) is 0 Å². The van der Waals surface area contributed by atoms with Gasteiger partial charge in [0.2, 0.25) is 0 Å². The Morgan fingerprint density at radius 2 is 2.31 bits per heavy atom. The highest BCUT2D eigenvalue weighted by atomic mass is 32.1. The largest absolute Gasteiger partial charge is 0.148 e. The molecule has 0 spiro atoms. The minimum Gasteiger partial charge on any atom is -0.148 e. The highest BCUT2D eigenvalue weighted by Gasteiger charge is 2.38. The van der Waals surface area contributed by atoms with Crippen LogP contribution in [0.2, 0.25) is 0 Å². The molecule has 72 valence electrons. The summed E-state index contributed by atoms with van der Waals surface area (Å²) in [6.45, 7) is 2.29.